The van der Waals surface area contributed by atoms with Crippen LogP contribution in [0.5, 0.6) is 0 Å². The predicted octanol–water partition coefficient (Wildman–Crippen LogP) is 3.00. The van der Waals surface area contributed by atoms with Crippen LogP contribution in [0.2, 0.25) is 5.02 Å². The van der Waals surface area contributed by atoms with Crippen LogP contribution in [0.15, 0.2) is 40.1 Å². The molecule has 0 aromatic heterocycles. The second-order valence-electron chi connectivity index (χ2n) is 5.95. The van der Waals surface area contributed by atoms with Crippen molar-refractivity contribution in [1.82, 2.24) is 4.72 Å². The summed E-state index contributed by atoms with van der Waals surface area (Å²) in [4.78, 5) is 0.153. The summed E-state index contributed by atoms with van der Waals surface area (Å²) < 4.78 is 54.1. The summed E-state index contributed by atoms with van der Waals surface area (Å²) in [5.41, 5.74) is 1.92. The predicted molar refractivity (Wildman–Crippen MR) is 104 cm³/mol. The van der Waals surface area contributed by atoms with E-state index in [-0.39, 0.29) is 9.79 Å². The molecule has 2 aromatic carbocycles. The summed E-state index contributed by atoms with van der Waals surface area (Å²) >= 11 is 5.83. The Morgan fingerprint density at radius 1 is 0.962 bits per heavy atom. The van der Waals surface area contributed by atoms with E-state index in [0.29, 0.717) is 27.4 Å². The highest BCUT2D eigenvalue weighted by Gasteiger charge is 2.28. The first kappa shape index (κ1) is 20.7. The molecule has 0 fully saturated rings. The summed E-state index contributed by atoms with van der Waals surface area (Å²) in [7, 11) is -4.88. The Balaban J connectivity index is 2.72. The summed E-state index contributed by atoms with van der Waals surface area (Å²) in [6.07, 6.45) is 0. The maximum Gasteiger partial charge on any atom is 0.264 e. The molecule has 6 nitrogen and oxygen atoms in total. The largest absolute Gasteiger partial charge is 0.269 e. The molecule has 0 aliphatic heterocycles. The fourth-order valence-electron chi connectivity index (χ4n) is 3.04. The molecular formula is C17H21ClN2O4S2. The van der Waals surface area contributed by atoms with Gasteiger partial charge >= 0.3 is 0 Å². The minimum atomic E-state index is -3.88. The molecular weight excluding hydrogens is 396 g/mol. The van der Waals surface area contributed by atoms with Crippen LogP contribution in [0.3, 0.4) is 0 Å². The monoisotopic (exact) mass is 416 g/mol. The molecule has 9 heteroatoms. The van der Waals surface area contributed by atoms with Crippen molar-refractivity contribution in [3.8, 4) is 0 Å². The molecule has 0 heterocycles. The number of halogens is 1. The van der Waals surface area contributed by atoms with Gasteiger partial charge in [0.2, 0.25) is 10.0 Å². The van der Waals surface area contributed by atoms with Crippen molar-refractivity contribution in [2.45, 2.75) is 30.6 Å². The molecule has 0 atom stereocenters. The van der Waals surface area contributed by atoms with E-state index in [0.717, 1.165) is 4.31 Å². The van der Waals surface area contributed by atoms with Crippen molar-refractivity contribution < 1.29 is 16.8 Å². The van der Waals surface area contributed by atoms with E-state index >= 15 is 0 Å². The van der Waals surface area contributed by atoms with Gasteiger partial charge in [0.1, 0.15) is 0 Å². The Morgan fingerprint density at radius 3 is 2.00 bits per heavy atom. The van der Waals surface area contributed by atoms with E-state index in [1.807, 2.05) is 0 Å². The number of aryl methyl sites for hydroxylation is 2. The highest BCUT2D eigenvalue weighted by Crippen LogP contribution is 2.35. The molecule has 1 N–H and O–H groups in total. The average molecular weight is 417 g/mol. The van der Waals surface area contributed by atoms with Crippen LogP contribution < -0.4 is 9.03 Å². The van der Waals surface area contributed by atoms with Crippen LogP contribution in [0.25, 0.3) is 0 Å². The normalized spacial score (nSPS) is 12.2. The molecule has 26 heavy (non-hydrogen) atoms. The van der Waals surface area contributed by atoms with Crippen LogP contribution in [-0.4, -0.2) is 30.9 Å². The summed E-state index contributed by atoms with van der Waals surface area (Å²) in [5, 5.41) is 0.427. The van der Waals surface area contributed by atoms with Crippen molar-refractivity contribution in [2.75, 3.05) is 18.4 Å². The van der Waals surface area contributed by atoms with Crippen LogP contribution >= 0.6 is 11.6 Å². The summed E-state index contributed by atoms with van der Waals surface area (Å²) in [5.74, 6) is 0. The third-order valence-electron chi connectivity index (χ3n) is 4.18. The lowest BCUT2D eigenvalue weighted by molar-refractivity contribution is 0.585. The van der Waals surface area contributed by atoms with E-state index in [4.69, 9.17) is 11.6 Å². The molecule has 0 amide bonds. The van der Waals surface area contributed by atoms with Gasteiger partial charge < -0.3 is 0 Å². The fraction of sp³-hybridized carbons (Fsp3) is 0.294. The van der Waals surface area contributed by atoms with Gasteiger partial charge in [-0.3, -0.25) is 4.31 Å². The van der Waals surface area contributed by atoms with E-state index in [2.05, 4.69) is 4.72 Å². The number of hydrogen-bond donors (Lipinski definition) is 1. The van der Waals surface area contributed by atoms with Gasteiger partial charge in [0.15, 0.2) is 0 Å². The standard InChI is InChI=1S/C17H21ClN2O4S2/c1-11-10-12(2)17(25(21,22)19-4)13(3)16(11)20(5)26(23,24)15-8-6-14(18)7-9-15/h6-10,19H,1-5H3. The second-order valence-corrected chi connectivity index (χ2v) is 10.2. The first-order valence-electron chi connectivity index (χ1n) is 7.72. The second kappa shape index (κ2) is 7.19. The number of rotatable bonds is 5. The van der Waals surface area contributed by atoms with Crippen LogP contribution in [-0.2, 0) is 20.0 Å². The molecule has 2 rings (SSSR count). The van der Waals surface area contributed by atoms with E-state index in [9.17, 15) is 16.8 Å². The molecule has 0 radical (unpaired) electrons. The van der Waals surface area contributed by atoms with Crippen molar-refractivity contribution in [3.05, 3.63) is 52.0 Å². The summed E-state index contributed by atoms with van der Waals surface area (Å²) in [6.45, 7) is 5.04. The molecule has 2 aromatic rings. The van der Waals surface area contributed by atoms with Crippen LogP contribution in [0.1, 0.15) is 16.7 Å². The zero-order valence-electron chi connectivity index (χ0n) is 15.2. The van der Waals surface area contributed by atoms with Crippen molar-refractivity contribution in [3.63, 3.8) is 0 Å². The van der Waals surface area contributed by atoms with E-state index < -0.39 is 20.0 Å². The van der Waals surface area contributed by atoms with Gasteiger partial charge in [-0.1, -0.05) is 17.7 Å². The Labute approximate surface area is 159 Å². The lowest BCUT2D eigenvalue weighted by Gasteiger charge is -2.26. The topological polar surface area (TPSA) is 83.6 Å². The lowest BCUT2D eigenvalue weighted by Crippen LogP contribution is -2.29. The molecule has 0 aliphatic carbocycles. The number of benzene rings is 2. The van der Waals surface area contributed by atoms with Gasteiger partial charge in [-0.05, 0) is 68.8 Å². The average Bonchev–Trinajstić information content (AvgIpc) is 2.54. The van der Waals surface area contributed by atoms with Gasteiger partial charge in [-0.2, -0.15) is 0 Å². The Kier molecular flexibility index (Phi) is 5.72. The molecule has 142 valence electrons. The number of nitrogens with zero attached hydrogens (tertiary/aromatic N) is 1. The van der Waals surface area contributed by atoms with Gasteiger partial charge in [0, 0.05) is 12.1 Å². The maximum absolute atomic E-state index is 13.0. The Morgan fingerprint density at radius 2 is 1.50 bits per heavy atom. The third-order valence-corrected chi connectivity index (χ3v) is 7.91. The van der Waals surface area contributed by atoms with Gasteiger partial charge in [-0.15, -0.1) is 0 Å². The Hall–Kier alpha value is -1.61. The van der Waals surface area contributed by atoms with Gasteiger partial charge in [0.05, 0.1) is 15.5 Å². The summed E-state index contributed by atoms with van der Waals surface area (Å²) in [6, 6.07) is 7.49. The highest BCUT2D eigenvalue weighted by atomic mass is 35.5. The zero-order chi connectivity index (χ0) is 19.9. The van der Waals surface area contributed by atoms with E-state index in [1.54, 1.807) is 26.8 Å². The quantitative estimate of drug-likeness (QED) is 0.812. The molecule has 0 unspecified atom stereocenters. The van der Waals surface area contributed by atoms with E-state index in [1.165, 1.54) is 38.4 Å². The first-order chi connectivity index (χ1) is 11.9. The molecule has 0 saturated carbocycles. The smallest absolute Gasteiger partial charge is 0.264 e. The SMILES string of the molecule is CNS(=O)(=O)c1c(C)cc(C)c(N(C)S(=O)(=O)c2ccc(Cl)cc2)c1C. The third kappa shape index (κ3) is 3.59. The van der Waals surface area contributed by atoms with Gasteiger partial charge in [0.25, 0.3) is 10.0 Å². The fourth-order valence-corrected chi connectivity index (χ4v) is 5.67. The van der Waals surface area contributed by atoms with Crippen LogP contribution in [0, 0.1) is 20.8 Å². The molecule has 0 saturated heterocycles. The van der Waals surface area contributed by atoms with Gasteiger partial charge in [-0.25, -0.2) is 21.6 Å². The Bertz CT molecular complexity index is 1050. The minimum absolute atomic E-state index is 0.0711. The number of nitrogens with one attached hydrogen (secondary N) is 1. The van der Waals surface area contributed by atoms with Crippen molar-refractivity contribution in [2.24, 2.45) is 0 Å². The number of anilines is 1. The lowest BCUT2D eigenvalue weighted by atomic mass is 10.1. The van der Waals surface area contributed by atoms with Crippen molar-refractivity contribution >= 4 is 37.3 Å². The maximum atomic E-state index is 13.0. The minimum Gasteiger partial charge on any atom is -0.269 e. The highest BCUT2D eigenvalue weighted by molar-refractivity contribution is 7.92. The van der Waals surface area contributed by atoms with Crippen LogP contribution in [0.4, 0.5) is 5.69 Å². The molecule has 0 bridgehead atoms. The zero-order valence-corrected chi connectivity index (χ0v) is 17.6. The molecule has 0 aliphatic rings. The molecule has 0 spiro atoms. The van der Waals surface area contributed by atoms with Crippen molar-refractivity contribution in [1.29, 1.82) is 0 Å². The first-order valence-corrected chi connectivity index (χ1v) is 11.0. The number of sulfonamides is 2. The number of hydrogen-bond acceptors (Lipinski definition) is 4.